The van der Waals surface area contributed by atoms with Crippen molar-refractivity contribution in [3.63, 3.8) is 0 Å². The van der Waals surface area contributed by atoms with E-state index in [2.05, 4.69) is 5.10 Å². The highest BCUT2D eigenvalue weighted by molar-refractivity contribution is 5.94. The van der Waals surface area contributed by atoms with Gasteiger partial charge in [-0.25, -0.2) is 0 Å². The van der Waals surface area contributed by atoms with Crippen molar-refractivity contribution in [3.05, 3.63) is 71.4 Å². The number of amides is 1. The number of nitrogens with zero attached hydrogens (tertiary/aromatic N) is 3. The third kappa shape index (κ3) is 4.63. The summed E-state index contributed by atoms with van der Waals surface area (Å²) in [6.45, 7) is 2.10. The highest BCUT2D eigenvalue weighted by Crippen LogP contribution is 2.17. The molecule has 1 aromatic carbocycles. The molecule has 27 heavy (non-hydrogen) atoms. The number of benzene rings is 1. The van der Waals surface area contributed by atoms with Crippen molar-refractivity contribution < 1.29 is 18.7 Å². The molecule has 0 N–H and O–H groups in total. The maximum atomic E-state index is 12.5. The number of ketones is 1. The molecule has 0 unspecified atom stereocenters. The van der Waals surface area contributed by atoms with Crippen LogP contribution in [-0.2, 0) is 20.2 Å². The number of ether oxygens (including phenoxy) is 1. The molecule has 140 valence electrons. The third-order valence-electron chi connectivity index (χ3n) is 4.03. The molecule has 7 heteroatoms. The second-order valence-corrected chi connectivity index (χ2v) is 6.28. The van der Waals surface area contributed by atoms with E-state index in [4.69, 9.17) is 9.15 Å². The first-order chi connectivity index (χ1) is 12.9. The van der Waals surface area contributed by atoms with Gasteiger partial charge < -0.3 is 14.1 Å². The van der Waals surface area contributed by atoms with Gasteiger partial charge in [0.25, 0.3) is 5.91 Å². The lowest BCUT2D eigenvalue weighted by molar-refractivity contribution is 0.0747. The van der Waals surface area contributed by atoms with Gasteiger partial charge in [-0.15, -0.1) is 0 Å². The minimum atomic E-state index is -0.224. The Labute approximate surface area is 157 Å². The number of rotatable bonds is 7. The quantitative estimate of drug-likeness (QED) is 0.600. The molecule has 3 aromatic rings. The van der Waals surface area contributed by atoms with Gasteiger partial charge in [-0.05, 0) is 49.4 Å². The van der Waals surface area contributed by atoms with Gasteiger partial charge in [0.1, 0.15) is 18.1 Å². The SMILES string of the molecule is CC(=O)c1ccc(OCc2ccc(C(=O)N(C)Cc3ccn(C)n3)o2)cc1. The Morgan fingerprint density at radius 1 is 1.15 bits per heavy atom. The van der Waals surface area contributed by atoms with Crippen molar-refractivity contribution in [2.24, 2.45) is 7.05 Å². The molecular formula is C20H21N3O4. The summed E-state index contributed by atoms with van der Waals surface area (Å²) in [6, 6.07) is 12.1. The summed E-state index contributed by atoms with van der Waals surface area (Å²) in [4.78, 5) is 25.3. The fraction of sp³-hybridized carbons (Fsp3) is 0.250. The molecule has 0 saturated carbocycles. The minimum Gasteiger partial charge on any atom is -0.486 e. The first-order valence-electron chi connectivity index (χ1n) is 8.49. The van der Waals surface area contributed by atoms with E-state index in [-0.39, 0.29) is 24.1 Å². The average molecular weight is 367 g/mol. The van der Waals surface area contributed by atoms with Crippen LogP contribution in [0, 0.1) is 0 Å². The molecule has 0 aliphatic heterocycles. The lowest BCUT2D eigenvalue weighted by Gasteiger charge is -2.14. The summed E-state index contributed by atoms with van der Waals surface area (Å²) >= 11 is 0. The molecule has 0 atom stereocenters. The second kappa shape index (κ2) is 7.90. The summed E-state index contributed by atoms with van der Waals surface area (Å²) in [5.41, 5.74) is 1.43. The Balaban J connectivity index is 1.57. The molecule has 0 radical (unpaired) electrons. The molecule has 2 aromatic heterocycles. The summed E-state index contributed by atoms with van der Waals surface area (Å²) in [7, 11) is 3.53. The largest absolute Gasteiger partial charge is 0.486 e. The number of furan rings is 1. The van der Waals surface area contributed by atoms with E-state index in [1.165, 1.54) is 6.92 Å². The maximum absolute atomic E-state index is 12.5. The summed E-state index contributed by atoms with van der Waals surface area (Å²) in [6.07, 6.45) is 1.83. The Morgan fingerprint density at radius 2 is 1.89 bits per heavy atom. The van der Waals surface area contributed by atoms with E-state index in [0.717, 1.165) is 5.69 Å². The smallest absolute Gasteiger partial charge is 0.289 e. The highest BCUT2D eigenvalue weighted by atomic mass is 16.5. The summed E-state index contributed by atoms with van der Waals surface area (Å²) in [5.74, 6) is 1.19. The van der Waals surface area contributed by atoms with Crippen LogP contribution in [0.3, 0.4) is 0 Å². The zero-order chi connectivity index (χ0) is 19.4. The fourth-order valence-electron chi connectivity index (χ4n) is 2.56. The molecule has 0 spiro atoms. The number of hydrogen-bond donors (Lipinski definition) is 0. The van der Waals surface area contributed by atoms with Crippen molar-refractivity contribution in [1.29, 1.82) is 0 Å². The standard InChI is InChI=1S/C20H21N3O4/c1-14(24)15-4-6-17(7-5-15)26-13-18-8-9-19(27-18)20(25)22(2)12-16-10-11-23(3)21-16/h4-11H,12-13H2,1-3H3. The van der Waals surface area contributed by atoms with Gasteiger partial charge in [0.05, 0.1) is 12.2 Å². The van der Waals surface area contributed by atoms with Gasteiger partial charge in [-0.2, -0.15) is 5.10 Å². The van der Waals surface area contributed by atoms with Crippen LogP contribution in [0.1, 0.15) is 39.3 Å². The highest BCUT2D eigenvalue weighted by Gasteiger charge is 2.17. The van der Waals surface area contributed by atoms with Crippen LogP contribution in [0.15, 0.2) is 53.1 Å². The van der Waals surface area contributed by atoms with Crippen LogP contribution < -0.4 is 4.74 Å². The number of carbonyl (C=O) groups excluding carboxylic acids is 2. The molecule has 0 saturated heterocycles. The van der Waals surface area contributed by atoms with Gasteiger partial charge >= 0.3 is 0 Å². The van der Waals surface area contributed by atoms with E-state index in [9.17, 15) is 9.59 Å². The summed E-state index contributed by atoms with van der Waals surface area (Å²) in [5, 5.41) is 4.26. The van der Waals surface area contributed by atoms with Crippen LogP contribution in [0.5, 0.6) is 5.75 Å². The Bertz CT molecular complexity index is 940. The predicted octanol–water partition coefficient (Wildman–Crippen LogP) is 3.07. The second-order valence-electron chi connectivity index (χ2n) is 6.28. The zero-order valence-electron chi connectivity index (χ0n) is 15.5. The number of aryl methyl sites for hydroxylation is 1. The molecule has 0 aliphatic carbocycles. The van der Waals surface area contributed by atoms with Crippen LogP contribution in [0.4, 0.5) is 0 Å². The molecule has 0 aliphatic rings. The van der Waals surface area contributed by atoms with E-state index in [1.807, 2.05) is 19.3 Å². The predicted molar refractivity (Wildman–Crippen MR) is 98.5 cm³/mol. The number of aromatic nitrogens is 2. The molecular weight excluding hydrogens is 346 g/mol. The number of carbonyl (C=O) groups is 2. The lowest BCUT2D eigenvalue weighted by Crippen LogP contribution is -2.26. The van der Waals surface area contributed by atoms with Crippen molar-refractivity contribution in [2.75, 3.05) is 7.05 Å². The molecule has 7 nitrogen and oxygen atoms in total. The van der Waals surface area contributed by atoms with Gasteiger partial charge in [0.15, 0.2) is 11.5 Å². The van der Waals surface area contributed by atoms with Crippen LogP contribution >= 0.6 is 0 Å². The van der Waals surface area contributed by atoms with Gasteiger partial charge in [-0.3, -0.25) is 14.3 Å². The van der Waals surface area contributed by atoms with Crippen molar-refractivity contribution >= 4 is 11.7 Å². The zero-order valence-corrected chi connectivity index (χ0v) is 15.5. The fourth-order valence-corrected chi connectivity index (χ4v) is 2.56. The molecule has 0 bridgehead atoms. The molecule has 3 rings (SSSR count). The van der Waals surface area contributed by atoms with Gasteiger partial charge in [0.2, 0.25) is 0 Å². The van der Waals surface area contributed by atoms with E-state index in [0.29, 0.717) is 23.6 Å². The first kappa shape index (κ1) is 18.4. The molecule has 2 heterocycles. The normalized spacial score (nSPS) is 10.6. The topological polar surface area (TPSA) is 77.6 Å². The molecule has 0 fully saturated rings. The lowest BCUT2D eigenvalue weighted by atomic mass is 10.1. The third-order valence-corrected chi connectivity index (χ3v) is 4.03. The Morgan fingerprint density at radius 3 is 2.52 bits per heavy atom. The van der Waals surface area contributed by atoms with E-state index >= 15 is 0 Å². The summed E-state index contributed by atoms with van der Waals surface area (Å²) < 4.78 is 12.9. The van der Waals surface area contributed by atoms with Crippen molar-refractivity contribution in [2.45, 2.75) is 20.1 Å². The minimum absolute atomic E-state index is 0.00515. The molecule has 1 amide bonds. The van der Waals surface area contributed by atoms with Crippen molar-refractivity contribution in [1.82, 2.24) is 14.7 Å². The number of Topliss-reactive ketones (excluding diaryl/α,β-unsaturated/α-hetero) is 1. The van der Waals surface area contributed by atoms with E-state index < -0.39 is 0 Å². The van der Waals surface area contributed by atoms with Gasteiger partial charge in [0, 0.05) is 25.9 Å². The van der Waals surface area contributed by atoms with Gasteiger partial charge in [-0.1, -0.05) is 0 Å². The first-order valence-corrected chi connectivity index (χ1v) is 8.49. The average Bonchev–Trinajstić information content (AvgIpc) is 3.28. The maximum Gasteiger partial charge on any atom is 0.289 e. The Kier molecular flexibility index (Phi) is 5.40. The van der Waals surface area contributed by atoms with E-state index in [1.54, 1.807) is 53.0 Å². The van der Waals surface area contributed by atoms with Crippen LogP contribution in [-0.4, -0.2) is 33.4 Å². The van der Waals surface area contributed by atoms with Crippen LogP contribution in [0.2, 0.25) is 0 Å². The van der Waals surface area contributed by atoms with Crippen molar-refractivity contribution in [3.8, 4) is 5.75 Å². The Hall–Kier alpha value is -3.35. The number of hydrogen-bond acceptors (Lipinski definition) is 5. The van der Waals surface area contributed by atoms with Crippen LogP contribution in [0.25, 0.3) is 0 Å². The monoisotopic (exact) mass is 367 g/mol.